The highest BCUT2D eigenvalue weighted by molar-refractivity contribution is 7.99. The number of thioether (sulfide) groups is 1. The molecule has 3 rings (SSSR count). The summed E-state index contributed by atoms with van der Waals surface area (Å²) < 4.78 is 11.4. The molecule has 0 saturated heterocycles. The van der Waals surface area contributed by atoms with Crippen molar-refractivity contribution in [2.24, 2.45) is 0 Å². The van der Waals surface area contributed by atoms with E-state index in [-0.39, 0.29) is 5.91 Å². The molecule has 24 heavy (non-hydrogen) atoms. The predicted molar refractivity (Wildman–Crippen MR) is 95.2 cm³/mol. The van der Waals surface area contributed by atoms with Gasteiger partial charge in [-0.2, -0.15) is 0 Å². The third-order valence-corrected chi connectivity index (χ3v) is 4.98. The van der Waals surface area contributed by atoms with Gasteiger partial charge in [0.2, 0.25) is 5.91 Å². The van der Waals surface area contributed by atoms with Gasteiger partial charge in [-0.15, -0.1) is 0 Å². The van der Waals surface area contributed by atoms with Crippen LogP contribution in [0.15, 0.2) is 33.9 Å². The number of hydrogen-bond acceptors (Lipinski definition) is 5. The molecule has 1 amide bonds. The summed E-state index contributed by atoms with van der Waals surface area (Å²) in [7, 11) is 0. The maximum Gasteiger partial charge on any atom is 0.257 e. The number of benzene rings is 1. The normalized spacial score (nSPS) is 15.7. The minimum absolute atomic E-state index is 0.0000718. The standard InChI is InChI=1S/C18H24N2O3S/c21-17(19-11-6-12-22-14-7-2-1-3-8-14)13-24-18-20-15-9-4-5-10-16(15)23-18/h4-5,9-10,14H,1-3,6-8,11-13H2,(H,19,21). The predicted octanol–water partition coefficient (Wildman–Crippen LogP) is 3.78. The summed E-state index contributed by atoms with van der Waals surface area (Å²) in [5.41, 5.74) is 1.57. The Labute approximate surface area is 146 Å². The van der Waals surface area contributed by atoms with E-state index >= 15 is 0 Å². The lowest BCUT2D eigenvalue weighted by Crippen LogP contribution is -2.27. The van der Waals surface area contributed by atoms with E-state index in [9.17, 15) is 4.79 Å². The third kappa shape index (κ3) is 5.24. The molecule has 6 heteroatoms. The third-order valence-electron chi connectivity index (χ3n) is 4.15. The second-order valence-corrected chi connectivity index (χ2v) is 7.00. The average molecular weight is 348 g/mol. The number of nitrogens with zero attached hydrogens (tertiary/aromatic N) is 1. The minimum Gasteiger partial charge on any atom is -0.431 e. The van der Waals surface area contributed by atoms with Gasteiger partial charge in [0, 0.05) is 13.2 Å². The fraction of sp³-hybridized carbons (Fsp3) is 0.556. The van der Waals surface area contributed by atoms with Gasteiger partial charge in [0.25, 0.3) is 5.22 Å². The zero-order valence-corrected chi connectivity index (χ0v) is 14.6. The average Bonchev–Trinajstić information content (AvgIpc) is 3.03. The monoisotopic (exact) mass is 348 g/mol. The maximum absolute atomic E-state index is 11.9. The topological polar surface area (TPSA) is 64.4 Å². The van der Waals surface area contributed by atoms with Crippen LogP contribution in [-0.4, -0.2) is 35.9 Å². The smallest absolute Gasteiger partial charge is 0.257 e. The molecule has 1 N–H and O–H groups in total. The number of para-hydroxylation sites is 2. The zero-order valence-electron chi connectivity index (χ0n) is 13.8. The number of hydrogen-bond donors (Lipinski definition) is 1. The van der Waals surface area contributed by atoms with Gasteiger partial charge in [-0.3, -0.25) is 4.79 Å². The molecule has 0 unspecified atom stereocenters. The summed E-state index contributed by atoms with van der Waals surface area (Å²) in [5, 5.41) is 3.45. The summed E-state index contributed by atoms with van der Waals surface area (Å²) in [4.78, 5) is 16.2. The zero-order chi connectivity index (χ0) is 16.6. The van der Waals surface area contributed by atoms with Crippen molar-refractivity contribution in [3.63, 3.8) is 0 Å². The number of ether oxygens (including phenoxy) is 1. The number of oxazole rings is 1. The summed E-state index contributed by atoms with van der Waals surface area (Å²) in [6, 6.07) is 7.60. The van der Waals surface area contributed by atoms with Crippen molar-refractivity contribution in [3.05, 3.63) is 24.3 Å². The quantitative estimate of drug-likeness (QED) is 0.581. The molecular formula is C18H24N2O3S. The summed E-state index contributed by atoms with van der Waals surface area (Å²) in [6.45, 7) is 1.38. The van der Waals surface area contributed by atoms with Crippen LogP contribution in [0.1, 0.15) is 38.5 Å². The SMILES string of the molecule is O=C(CSc1nc2ccccc2o1)NCCCOC1CCCCC1. The number of nitrogens with one attached hydrogen (secondary N) is 1. The first-order chi connectivity index (χ1) is 11.8. The van der Waals surface area contributed by atoms with Crippen molar-refractivity contribution in [2.75, 3.05) is 18.9 Å². The van der Waals surface area contributed by atoms with Gasteiger partial charge in [-0.1, -0.05) is 43.2 Å². The van der Waals surface area contributed by atoms with E-state index in [1.807, 2.05) is 24.3 Å². The molecule has 1 fully saturated rings. The molecule has 0 radical (unpaired) electrons. The van der Waals surface area contributed by atoms with E-state index in [0.717, 1.165) is 24.1 Å². The molecule has 1 aliphatic rings. The van der Waals surface area contributed by atoms with Gasteiger partial charge < -0.3 is 14.5 Å². The van der Waals surface area contributed by atoms with Crippen LogP contribution in [0.4, 0.5) is 0 Å². The van der Waals surface area contributed by atoms with Crippen molar-refractivity contribution in [2.45, 2.75) is 49.9 Å². The lowest BCUT2D eigenvalue weighted by molar-refractivity contribution is -0.118. The van der Waals surface area contributed by atoms with Crippen molar-refractivity contribution in [3.8, 4) is 0 Å². The van der Waals surface area contributed by atoms with Crippen LogP contribution in [0, 0.1) is 0 Å². The van der Waals surface area contributed by atoms with Crippen LogP contribution in [0.2, 0.25) is 0 Å². The Morgan fingerprint density at radius 3 is 2.96 bits per heavy atom. The van der Waals surface area contributed by atoms with E-state index < -0.39 is 0 Å². The molecule has 0 aliphatic heterocycles. The molecular weight excluding hydrogens is 324 g/mol. The van der Waals surface area contributed by atoms with E-state index in [4.69, 9.17) is 9.15 Å². The molecule has 0 bridgehead atoms. The Kier molecular flexibility index (Phi) is 6.55. The van der Waals surface area contributed by atoms with E-state index in [0.29, 0.717) is 23.6 Å². The minimum atomic E-state index is -0.0000718. The maximum atomic E-state index is 11.9. The fourth-order valence-electron chi connectivity index (χ4n) is 2.87. The second-order valence-electron chi connectivity index (χ2n) is 6.07. The molecule has 2 aromatic rings. The summed E-state index contributed by atoms with van der Waals surface area (Å²) in [5.74, 6) is 0.316. The van der Waals surface area contributed by atoms with Gasteiger partial charge in [0.1, 0.15) is 5.52 Å². The van der Waals surface area contributed by atoms with Crippen molar-refractivity contribution in [1.82, 2.24) is 10.3 Å². The number of fused-ring (bicyclic) bond motifs is 1. The first-order valence-electron chi connectivity index (χ1n) is 8.68. The number of aromatic nitrogens is 1. The van der Waals surface area contributed by atoms with Crippen LogP contribution < -0.4 is 5.32 Å². The number of carbonyl (C=O) groups excluding carboxylic acids is 1. The van der Waals surface area contributed by atoms with Gasteiger partial charge in [-0.05, 0) is 31.4 Å². The Hall–Kier alpha value is -1.53. The first kappa shape index (κ1) is 17.3. The van der Waals surface area contributed by atoms with Crippen molar-refractivity contribution < 1.29 is 13.9 Å². The fourth-order valence-corrected chi connectivity index (χ4v) is 3.54. The van der Waals surface area contributed by atoms with Crippen LogP contribution in [0.25, 0.3) is 11.1 Å². The molecule has 1 aromatic heterocycles. The first-order valence-corrected chi connectivity index (χ1v) is 9.66. The molecule has 0 spiro atoms. The molecule has 130 valence electrons. The Bertz CT molecular complexity index is 620. The second kappa shape index (κ2) is 9.08. The lowest BCUT2D eigenvalue weighted by Gasteiger charge is -2.21. The van der Waals surface area contributed by atoms with Crippen molar-refractivity contribution in [1.29, 1.82) is 0 Å². The Balaban J connectivity index is 1.28. The van der Waals surface area contributed by atoms with Crippen LogP contribution in [-0.2, 0) is 9.53 Å². The molecule has 1 aliphatic carbocycles. The van der Waals surface area contributed by atoms with Crippen LogP contribution >= 0.6 is 11.8 Å². The summed E-state index contributed by atoms with van der Waals surface area (Å²) in [6.07, 6.45) is 7.58. The van der Waals surface area contributed by atoms with Gasteiger partial charge in [0.15, 0.2) is 5.58 Å². The largest absolute Gasteiger partial charge is 0.431 e. The molecule has 1 saturated carbocycles. The van der Waals surface area contributed by atoms with E-state index in [2.05, 4.69) is 10.3 Å². The molecule has 1 heterocycles. The molecule has 1 aromatic carbocycles. The van der Waals surface area contributed by atoms with Crippen LogP contribution in [0.5, 0.6) is 0 Å². The van der Waals surface area contributed by atoms with E-state index in [1.165, 1.54) is 43.9 Å². The number of amides is 1. The molecule has 0 atom stereocenters. The molecule has 5 nitrogen and oxygen atoms in total. The summed E-state index contributed by atoms with van der Waals surface area (Å²) >= 11 is 1.32. The number of carbonyl (C=O) groups is 1. The van der Waals surface area contributed by atoms with Gasteiger partial charge >= 0.3 is 0 Å². The lowest BCUT2D eigenvalue weighted by atomic mass is 9.98. The van der Waals surface area contributed by atoms with Crippen LogP contribution in [0.3, 0.4) is 0 Å². The number of rotatable bonds is 8. The highest BCUT2D eigenvalue weighted by atomic mass is 32.2. The van der Waals surface area contributed by atoms with Gasteiger partial charge in [-0.25, -0.2) is 4.98 Å². The Morgan fingerprint density at radius 2 is 2.12 bits per heavy atom. The van der Waals surface area contributed by atoms with Gasteiger partial charge in [0.05, 0.1) is 11.9 Å². The highest BCUT2D eigenvalue weighted by Crippen LogP contribution is 2.23. The Morgan fingerprint density at radius 1 is 1.29 bits per heavy atom. The van der Waals surface area contributed by atoms with Crippen molar-refractivity contribution >= 4 is 28.8 Å². The van der Waals surface area contributed by atoms with E-state index in [1.54, 1.807) is 0 Å². The highest BCUT2D eigenvalue weighted by Gasteiger charge is 2.13.